The Balaban J connectivity index is 2.32. The molecular weight excluding hydrogens is 239 g/mol. The fourth-order valence-electron chi connectivity index (χ4n) is 1.50. The number of alkyl halides is 3. The maximum atomic E-state index is 12.0. The molecule has 0 fully saturated rings. The van der Waals surface area contributed by atoms with E-state index in [2.05, 4.69) is 4.36 Å². The summed E-state index contributed by atoms with van der Waals surface area (Å²) in [6, 6.07) is 7.17. The van der Waals surface area contributed by atoms with Crippen LogP contribution in [-0.2, 0) is 21.9 Å². The molecule has 2 rings (SSSR count). The van der Waals surface area contributed by atoms with Crippen LogP contribution in [0.4, 0.5) is 13.2 Å². The Bertz CT molecular complexity index is 467. The van der Waals surface area contributed by atoms with E-state index in [1.807, 2.05) is 12.1 Å². The van der Waals surface area contributed by atoms with Crippen molar-refractivity contribution in [2.24, 2.45) is 4.36 Å². The van der Waals surface area contributed by atoms with Gasteiger partial charge in [-0.1, -0.05) is 28.9 Å². The van der Waals surface area contributed by atoms with Gasteiger partial charge < -0.3 is 0 Å². The molecule has 1 aliphatic heterocycles. The van der Waals surface area contributed by atoms with Gasteiger partial charge in [0.25, 0.3) is 0 Å². The van der Waals surface area contributed by atoms with E-state index in [1.165, 1.54) is 0 Å². The van der Waals surface area contributed by atoms with Crippen LogP contribution in [0, 0.1) is 0 Å². The lowest BCUT2D eigenvalue weighted by Gasteiger charge is -2.03. The molecule has 1 unspecified atom stereocenters. The molecular formula is C10H8F3NOS. The predicted octanol–water partition coefficient (Wildman–Crippen LogP) is 2.49. The zero-order valence-electron chi connectivity index (χ0n) is 8.12. The second kappa shape index (κ2) is 4.01. The Morgan fingerprint density at radius 2 is 2.00 bits per heavy atom. The van der Waals surface area contributed by atoms with Crippen LogP contribution in [0.25, 0.3) is 0 Å². The number of carbonyl (C=O) groups excluding carboxylic acids is 1. The van der Waals surface area contributed by atoms with Crippen molar-refractivity contribution in [3.05, 3.63) is 29.8 Å². The van der Waals surface area contributed by atoms with Gasteiger partial charge in [0.2, 0.25) is 0 Å². The molecule has 0 spiro atoms. The summed E-state index contributed by atoms with van der Waals surface area (Å²) in [5.74, 6) is -1.48. The summed E-state index contributed by atoms with van der Waals surface area (Å²) in [5.41, 5.74) is 0.990. The lowest BCUT2D eigenvalue weighted by molar-refractivity contribution is -0.169. The van der Waals surface area contributed by atoms with Gasteiger partial charge in [-0.15, -0.1) is 0 Å². The summed E-state index contributed by atoms with van der Waals surface area (Å²) in [7, 11) is -0.923. The van der Waals surface area contributed by atoms with Gasteiger partial charge in [0, 0.05) is 10.6 Å². The molecule has 0 bridgehead atoms. The maximum absolute atomic E-state index is 12.0. The molecule has 86 valence electrons. The largest absolute Gasteiger partial charge is 0.474 e. The number of hydrogen-bond donors (Lipinski definition) is 0. The summed E-state index contributed by atoms with van der Waals surface area (Å²) in [6.07, 6.45) is -4.17. The minimum atomic E-state index is -4.86. The van der Waals surface area contributed by atoms with Crippen LogP contribution in [0.5, 0.6) is 0 Å². The first-order chi connectivity index (χ1) is 7.48. The minimum Gasteiger partial charge on any atom is -0.261 e. The van der Waals surface area contributed by atoms with E-state index in [9.17, 15) is 18.0 Å². The van der Waals surface area contributed by atoms with Gasteiger partial charge >= 0.3 is 12.1 Å². The third-order valence-electron chi connectivity index (χ3n) is 2.23. The van der Waals surface area contributed by atoms with E-state index in [-0.39, 0.29) is 0 Å². The molecule has 6 heteroatoms. The van der Waals surface area contributed by atoms with Crippen molar-refractivity contribution in [3.8, 4) is 0 Å². The van der Waals surface area contributed by atoms with Crippen LogP contribution in [0.3, 0.4) is 0 Å². The molecule has 0 N–H and O–H groups in total. The SMILES string of the molecule is O=C(N=S1CCc2ccccc21)C(F)(F)F. The van der Waals surface area contributed by atoms with Crippen LogP contribution >= 0.6 is 0 Å². The monoisotopic (exact) mass is 247 g/mol. The van der Waals surface area contributed by atoms with Crippen molar-refractivity contribution in [2.75, 3.05) is 5.75 Å². The Kier molecular flexibility index (Phi) is 2.84. The summed E-state index contributed by atoms with van der Waals surface area (Å²) in [4.78, 5) is 11.5. The highest BCUT2D eigenvalue weighted by atomic mass is 32.2. The van der Waals surface area contributed by atoms with Crippen LogP contribution in [0.15, 0.2) is 33.5 Å². The Morgan fingerprint density at radius 3 is 2.69 bits per heavy atom. The van der Waals surface area contributed by atoms with E-state index >= 15 is 0 Å². The van der Waals surface area contributed by atoms with Gasteiger partial charge in [0.15, 0.2) is 0 Å². The predicted molar refractivity (Wildman–Crippen MR) is 54.1 cm³/mol. The third-order valence-corrected chi connectivity index (χ3v) is 4.11. The zero-order valence-corrected chi connectivity index (χ0v) is 8.94. The third kappa shape index (κ3) is 2.16. The molecule has 1 atom stereocenters. The van der Waals surface area contributed by atoms with Crippen molar-refractivity contribution in [1.29, 1.82) is 0 Å². The van der Waals surface area contributed by atoms with E-state index in [4.69, 9.17) is 0 Å². The molecule has 0 aliphatic carbocycles. The highest BCUT2D eigenvalue weighted by Gasteiger charge is 2.39. The van der Waals surface area contributed by atoms with Crippen molar-refractivity contribution >= 4 is 16.6 Å². The standard InChI is InChI=1S/C10H8F3NOS/c11-10(12,13)9(15)14-16-6-5-7-3-1-2-4-8(7)16/h1-4H,5-6H2. The van der Waals surface area contributed by atoms with Crippen molar-refractivity contribution in [3.63, 3.8) is 0 Å². The zero-order chi connectivity index (χ0) is 11.8. The lowest BCUT2D eigenvalue weighted by atomic mass is 10.2. The number of carbonyl (C=O) groups is 1. The first-order valence-electron chi connectivity index (χ1n) is 4.60. The fourth-order valence-corrected chi connectivity index (χ4v) is 3.34. The Morgan fingerprint density at radius 1 is 1.31 bits per heavy atom. The van der Waals surface area contributed by atoms with Gasteiger partial charge in [-0.25, -0.2) is 0 Å². The normalized spacial score (nSPS) is 19.8. The quantitative estimate of drug-likeness (QED) is 0.692. The van der Waals surface area contributed by atoms with Crippen LogP contribution in [0.1, 0.15) is 5.56 Å². The summed E-state index contributed by atoms with van der Waals surface area (Å²) in [5, 5.41) is 0. The van der Waals surface area contributed by atoms with Crippen LogP contribution < -0.4 is 0 Å². The first kappa shape index (κ1) is 11.3. The number of amides is 1. The number of rotatable bonds is 0. The number of hydrogen-bond acceptors (Lipinski definition) is 1. The molecule has 16 heavy (non-hydrogen) atoms. The highest BCUT2D eigenvalue weighted by molar-refractivity contribution is 7.88. The van der Waals surface area contributed by atoms with Gasteiger partial charge in [-0.2, -0.15) is 17.5 Å². The van der Waals surface area contributed by atoms with E-state index in [0.717, 1.165) is 10.5 Å². The maximum Gasteiger partial charge on any atom is 0.474 e. The molecule has 1 aromatic rings. The molecule has 1 amide bonds. The fraction of sp³-hybridized carbons (Fsp3) is 0.300. The number of aryl methyl sites for hydroxylation is 1. The van der Waals surface area contributed by atoms with Crippen molar-refractivity contribution in [1.82, 2.24) is 0 Å². The summed E-state index contributed by atoms with van der Waals surface area (Å²) in [6.45, 7) is 0. The topological polar surface area (TPSA) is 29.4 Å². The van der Waals surface area contributed by atoms with Crippen molar-refractivity contribution in [2.45, 2.75) is 17.5 Å². The number of nitrogens with zero attached hydrogens (tertiary/aromatic N) is 1. The summed E-state index contributed by atoms with van der Waals surface area (Å²) < 4.78 is 39.4. The van der Waals surface area contributed by atoms with E-state index in [1.54, 1.807) is 12.1 Å². The average molecular weight is 247 g/mol. The van der Waals surface area contributed by atoms with Gasteiger partial charge in [-0.05, 0) is 18.1 Å². The molecule has 0 saturated heterocycles. The second-order valence-corrected chi connectivity index (χ2v) is 5.08. The van der Waals surface area contributed by atoms with Gasteiger partial charge in [-0.3, -0.25) is 4.79 Å². The Hall–Kier alpha value is -1.17. The first-order valence-corrected chi connectivity index (χ1v) is 5.95. The molecule has 2 nitrogen and oxygen atoms in total. The molecule has 0 saturated carbocycles. The minimum absolute atomic E-state index is 0.501. The lowest BCUT2D eigenvalue weighted by Crippen LogP contribution is -2.21. The second-order valence-electron chi connectivity index (χ2n) is 3.32. The molecule has 1 aliphatic rings. The number of halogens is 3. The highest BCUT2D eigenvalue weighted by Crippen LogP contribution is 2.25. The summed E-state index contributed by atoms with van der Waals surface area (Å²) >= 11 is 0. The van der Waals surface area contributed by atoms with Crippen LogP contribution in [0.2, 0.25) is 0 Å². The molecule has 0 aromatic heterocycles. The van der Waals surface area contributed by atoms with E-state index in [0.29, 0.717) is 12.2 Å². The van der Waals surface area contributed by atoms with Crippen molar-refractivity contribution < 1.29 is 18.0 Å². The van der Waals surface area contributed by atoms with Gasteiger partial charge in [0.05, 0.1) is 0 Å². The molecule has 1 aromatic carbocycles. The Labute approximate surface area is 92.6 Å². The average Bonchev–Trinajstić information content (AvgIpc) is 2.61. The van der Waals surface area contributed by atoms with E-state index < -0.39 is 22.8 Å². The number of fused-ring (bicyclic) bond motifs is 1. The number of benzene rings is 1. The molecule has 1 heterocycles. The van der Waals surface area contributed by atoms with Gasteiger partial charge in [0.1, 0.15) is 0 Å². The smallest absolute Gasteiger partial charge is 0.261 e. The molecule has 0 radical (unpaired) electrons. The van der Waals surface area contributed by atoms with Crippen LogP contribution in [-0.4, -0.2) is 17.8 Å².